The second kappa shape index (κ2) is 5.17. The summed E-state index contributed by atoms with van der Waals surface area (Å²) in [6, 6.07) is 8.04. The summed E-state index contributed by atoms with van der Waals surface area (Å²) in [5.41, 5.74) is 0.465. The van der Waals surface area contributed by atoms with Crippen molar-refractivity contribution >= 4 is 10.0 Å². The molecule has 3 aliphatic heterocycles. The standard InChI is InChI=1S/C14H17N3O2S/c15-9-11-1-3-13(4-2-11)20(18,19)16-14-10-17-7-5-12(14)6-8-17/h1-4,12,14,16H,5-8,10H2. The Labute approximate surface area is 119 Å². The van der Waals surface area contributed by atoms with Crippen molar-refractivity contribution in [3.8, 4) is 6.07 Å². The number of fused-ring (bicyclic) bond motifs is 3. The quantitative estimate of drug-likeness (QED) is 0.899. The van der Waals surface area contributed by atoms with Gasteiger partial charge in [-0.1, -0.05) is 0 Å². The zero-order valence-electron chi connectivity index (χ0n) is 11.1. The minimum Gasteiger partial charge on any atom is -0.302 e. The molecule has 6 heteroatoms. The third kappa shape index (κ3) is 2.57. The first-order chi connectivity index (χ1) is 9.58. The van der Waals surface area contributed by atoms with Crippen LogP contribution in [0.4, 0.5) is 0 Å². The van der Waals surface area contributed by atoms with E-state index in [1.165, 1.54) is 24.3 Å². The molecule has 20 heavy (non-hydrogen) atoms. The molecular weight excluding hydrogens is 274 g/mol. The van der Waals surface area contributed by atoms with Crippen LogP contribution in [0.2, 0.25) is 0 Å². The maximum absolute atomic E-state index is 12.4. The molecule has 0 aliphatic carbocycles. The molecule has 1 N–H and O–H groups in total. The van der Waals surface area contributed by atoms with Crippen molar-refractivity contribution in [3.63, 3.8) is 0 Å². The fourth-order valence-electron chi connectivity index (χ4n) is 3.07. The summed E-state index contributed by atoms with van der Waals surface area (Å²) in [5, 5.41) is 8.74. The van der Waals surface area contributed by atoms with E-state index in [0.717, 1.165) is 32.5 Å². The Kier molecular flexibility index (Phi) is 3.50. The van der Waals surface area contributed by atoms with Gasteiger partial charge in [-0.2, -0.15) is 5.26 Å². The smallest absolute Gasteiger partial charge is 0.240 e. The summed E-state index contributed by atoms with van der Waals surface area (Å²) in [4.78, 5) is 2.54. The predicted molar refractivity (Wildman–Crippen MR) is 74.4 cm³/mol. The van der Waals surface area contributed by atoms with Crippen LogP contribution in [0.25, 0.3) is 0 Å². The molecule has 1 unspecified atom stereocenters. The molecule has 3 fully saturated rings. The summed E-state index contributed by atoms with van der Waals surface area (Å²) < 4.78 is 27.6. The van der Waals surface area contributed by atoms with Crippen LogP contribution in [0.5, 0.6) is 0 Å². The average Bonchev–Trinajstić information content (AvgIpc) is 2.48. The minimum atomic E-state index is -3.49. The number of piperidine rings is 3. The summed E-state index contributed by atoms with van der Waals surface area (Å²) >= 11 is 0. The van der Waals surface area contributed by atoms with Crippen molar-refractivity contribution in [2.75, 3.05) is 19.6 Å². The van der Waals surface area contributed by atoms with E-state index < -0.39 is 10.0 Å². The van der Waals surface area contributed by atoms with E-state index in [0.29, 0.717) is 11.5 Å². The Morgan fingerprint density at radius 2 is 1.85 bits per heavy atom. The van der Waals surface area contributed by atoms with Gasteiger partial charge in [0.25, 0.3) is 0 Å². The molecule has 1 aromatic carbocycles. The number of sulfonamides is 1. The van der Waals surface area contributed by atoms with Crippen molar-refractivity contribution in [2.45, 2.75) is 23.8 Å². The molecule has 1 atom stereocenters. The Morgan fingerprint density at radius 3 is 2.35 bits per heavy atom. The van der Waals surface area contributed by atoms with Gasteiger partial charge in [0.2, 0.25) is 10.0 Å². The first-order valence-electron chi connectivity index (χ1n) is 6.83. The highest BCUT2D eigenvalue weighted by atomic mass is 32.2. The van der Waals surface area contributed by atoms with Gasteiger partial charge in [-0.3, -0.25) is 0 Å². The van der Waals surface area contributed by atoms with Gasteiger partial charge in [0, 0.05) is 12.6 Å². The summed E-state index contributed by atoms with van der Waals surface area (Å²) in [7, 11) is -3.49. The molecule has 0 radical (unpaired) electrons. The fraction of sp³-hybridized carbons (Fsp3) is 0.500. The predicted octanol–water partition coefficient (Wildman–Crippen LogP) is 0.931. The highest BCUT2D eigenvalue weighted by molar-refractivity contribution is 7.89. The van der Waals surface area contributed by atoms with E-state index in [1.54, 1.807) is 0 Å². The van der Waals surface area contributed by atoms with Gasteiger partial charge in [0.05, 0.1) is 16.5 Å². The van der Waals surface area contributed by atoms with E-state index in [1.807, 2.05) is 6.07 Å². The monoisotopic (exact) mass is 291 g/mol. The first kappa shape index (κ1) is 13.6. The van der Waals surface area contributed by atoms with E-state index in [-0.39, 0.29) is 10.9 Å². The third-order valence-corrected chi connectivity index (χ3v) is 5.76. The number of nitriles is 1. The van der Waals surface area contributed by atoms with Gasteiger partial charge in [-0.05, 0) is 56.1 Å². The largest absolute Gasteiger partial charge is 0.302 e. The van der Waals surface area contributed by atoms with Crippen molar-refractivity contribution in [2.24, 2.45) is 5.92 Å². The molecule has 0 spiro atoms. The maximum Gasteiger partial charge on any atom is 0.240 e. The molecule has 4 rings (SSSR count). The molecular formula is C14H17N3O2S. The lowest BCUT2D eigenvalue weighted by Crippen LogP contribution is -2.57. The SMILES string of the molecule is N#Cc1ccc(S(=O)(=O)NC2CN3CCC2CC3)cc1. The number of nitrogens with zero attached hydrogens (tertiary/aromatic N) is 2. The van der Waals surface area contributed by atoms with Gasteiger partial charge < -0.3 is 4.90 Å². The van der Waals surface area contributed by atoms with E-state index in [2.05, 4.69) is 9.62 Å². The first-order valence-corrected chi connectivity index (χ1v) is 8.32. The number of hydrogen-bond donors (Lipinski definition) is 1. The molecule has 2 bridgehead atoms. The van der Waals surface area contributed by atoms with Crippen LogP contribution in [-0.4, -0.2) is 39.0 Å². The van der Waals surface area contributed by atoms with Gasteiger partial charge in [-0.25, -0.2) is 13.1 Å². The van der Waals surface area contributed by atoms with Crippen molar-refractivity contribution in [3.05, 3.63) is 29.8 Å². The van der Waals surface area contributed by atoms with Crippen LogP contribution in [0.3, 0.4) is 0 Å². The highest BCUT2D eigenvalue weighted by Crippen LogP contribution is 2.28. The average molecular weight is 291 g/mol. The van der Waals surface area contributed by atoms with Gasteiger partial charge in [-0.15, -0.1) is 0 Å². The van der Waals surface area contributed by atoms with Crippen molar-refractivity contribution < 1.29 is 8.42 Å². The second-order valence-electron chi connectivity index (χ2n) is 5.50. The number of nitrogens with one attached hydrogen (secondary N) is 1. The van der Waals surface area contributed by atoms with Crippen molar-refractivity contribution in [1.82, 2.24) is 9.62 Å². The van der Waals surface area contributed by atoms with Crippen LogP contribution >= 0.6 is 0 Å². The van der Waals surface area contributed by atoms with Gasteiger partial charge in [0.15, 0.2) is 0 Å². The zero-order chi connectivity index (χ0) is 14.2. The van der Waals surface area contributed by atoms with Crippen LogP contribution in [0, 0.1) is 17.2 Å². The Morgan fingerprint density at radius 1 is 1.20 bits per heavy atom. The van der Waals surface area contributed by atoms with Crippen LogP contribution in [-0.2, 0) is 10.0 Å². The van der Waals surface area contributed by atoms with E-state index in [4.69, 9.17) is 5.26 Å². The Bertz CT molecular complexity index is 625. The summed E-state index contributed by atoms with van der Waals surface area (Å²) in [6.45, 7) is 2.97. The molecule has 3 heterocycles. The molecule has 106 valence electrons. The molecule has 1 aromatic rings. The van der Waals surface area contributed by atoms with Crippen LogP contribution in [0.15, 0.2) is 29.2 Å². The lowest BCUT2D eigenvalue weighted by molar-refractivity contribution is 0.0827. The number of benzene rings is 1. The van der Waals surface area contributed by atoms with Crippen LogP contribution < -0.4 is 4.72 Å². The maximum atomic E-state index is 12.4. The van der Waals surface area contributed by atoms with Gasteiger partial charge >= 0.3 is 0 Å². The molecule has 5 nitrogen and oxygen atoms in total. The van der Waals surface area contributed by atoms with Gasteiger partial charge in [0.1, 0.15) is 0 Å². The topological polar surface area (TPSA) is 73.2 Å². The summed E-state index contributed by atoms with van der Waals surface area (Å²) in [6.07, 6.45) is 2.14. The zero-order valence-corrected chi connectivity index (χ0v) is 11.9. The molecule has 3 saturated heterocycles. The molecule has 3 aliphatic rings. The lowest BCUT2D eigenvalue weighted by Gasteiger charge is -2.44. The fourth-order valence-corrected chi connectivity index (χ4v) is 4.37. The minimum absolute atomic E-state index is 0.0122. The molecule has 0 aromatic heterocycles. The Hall–Kier alpha value is -1.42. The lowest BCUT2D eigenvalue weighted by atomic mass is 9.85. The molecule has 0 saturated carbocycles. The third-order valence-electron chi connectivity index (χ3n) is 4.26. The van der Waals surface area contributed by atoms with E-state index in [9.17, 15) is 8.42 Å². The van der Waals surface area contributed by atoms with Crippen LogP contribution in [0.1, 0.15) is 18.4 Å². The number of hydrogen-bond acceptors (Lipinski definition) is 4. The highest BCUT2D eigenvalue weighted by Gasteiger charge is 2.36. The normalized spacial score (nSPS) is 29.1. The number of rotatable bonds is 3. The Balaban J connectivity index is 1.77. The van der Waals surface area contributed by atoms with E-state index >= 15 is 0 Å². The molecule has 0 amide bonds. The van der Waals surface area contributed by atoms with Crippen molar-refractivity contribution in [1.29, 1.82) is 5.26 Å². The second-order valence-corrected chi connectivity index (χ2v) is 7.22. The summed E-state index contributed by atoms with van der Waals surface area (Å²) in [5.74, 6) is 0.452.